The maximum atomic E-state index is 6.13. The Bertz CT molecular complexity index is 711. The van der Waals surface area contributed by atoms with Gasteiger partial charge in [0.1, 0.15) is 0 Å². The van der Waals surface area contributed by atoms with E-state index in [1.165, 1.54) is 17.0 Å². The lowest BCUT2D eigenvalue weighted by molar-refractivity contribution is 0.502. The Morgan fingerprint density at radius 2 is 2.23 bits per heavy atom. The number of aromatic nitrogens is 1. The zero-order chi connectivity index (χ0) is 15.7. The van der Waals surface area contributed by atoms with Gasteiger partial charge in [0.2, 0.25) is 0 Å². The van der Waals surface area contributed by atoms with Crippen molar-refractivity contribution in [3.05, 3.63) is 39.4 Å². The first-order chi connectivity index (χ1) is 10.5. The van der Waals surface area contributed by atoms with Crippen molar-refractivity contribution in [2.24, 2.45) is 5.92 Å². The van der Waals surface area contributed by atoms with Crippen LogP contribution >= 0.6 is 35.2 Å². The summed E-state index contributed by atoms with van der Waals surface area (Å²) in [5.74, 6) is 0.751. The number of halogens is 1. The molecule has 0 radical (unpaired) electrons. The molecular weight excluding hydrogens is 334 g/mol. The molecule has 1 aromatic carbocycles. The van der Waals surface area contributed by atoms with Gasteiger partial charge in [0.25, 0.3) is 0 Å². The van der Waals surface area contributed by atoms with Gasteiger partial charge in [-0.15, -0.1) is 11.3 Å². The van der Waals surface area contributed by atoms with Gasteiger partial charge in [0.05, 0.1) is 5.69 Å². The summed E-state index contributed by atoms with van der Waals surface area (Å²) in [6, 6.07) is 5.81. The minimum atomic E-state index is 0.541. The summed E-state index contributed by atoms with van der Waals surface area (Å²) in [5, 5.41) is 8.47. The molecule has 1 unspecified atom stereocenters. The number of thiocarbonyl (C=S) groups is 1. The second kappa shape index (κ2) is 6.52. The standard InChI is InChI=1S/C16H18ClN3S2/c1-9-3-6-13-14(7-9)22-16(19-13)20-15(21)18-11-5-4-10(2)12(17)8-11/h4-5,8-9H,3,6-7H2,1-2H3,(H2,18,19,20,21). The lowest BCUT2D eigenvalue weighted by Crippen LogP contribution is -2.19. The van der Waals surface area contributed by atoms with Crippen molar-refractivity contribution in [3.8, 4) is 0 Å². The molecule has 1 heterocycles. The molecule has 0 amide bonds. The normalized spacial score (nSPS) is 17.0. The molecule has 1 atom stereocenters. The van der Waals surface area contributed by atoms with Gasteiger partial charge in [-0.3, -0.25) is 0 Å². The minimum Gasteiger partial charge on any atom is -0.332 e. The third kappa shape index (κ3) is 3.59. The van der Waals surface area contributed by atoms with Crippen LogP contribution in [0.15, 0.2) is 18.2 Å². The quantitative estimate of drug-likeness (QED) is 0.743. The number of nitrogens with zero attached hydrogens (tertiary/aromatic N) is 1. The maximum absolute atomic E-state index is 6.13. The molecule has 0 saturated heterocycles. The molecule has 116 valence electrons. The second-order valence-corrected chi connectivity index (χ2v) is 7.68. The summed E-state index contributed by atoms with van der Waals surface area (Å²) in [7, 11) is 0. The van der Waals surface area contributed by atoms with Gasteiger partial charge < -0.3 is 10.6 Å². The molecule has 22 heavy (non-hydrogen) atoms. The van der Waals surface area contributed by atoms with Gasteiger partial charge >= 0.3 is 0 Å². The molecule has 1 aromatic heterocycles. The van der Waals surface area contributed by atoms with Crippen molar-refractivity contribution in [2.75, 3.05) is 10.6 Å². The first kappa shape index (κ1) is 15.7. The van der Waals surface area contributed by atoms with Crippen LogP contribution in [-0.2, 0) is 12.8 Å². The Hall–Kier alpha value is -1.17. The Morgan fingerprint density at radius 3 is 3.00 bits per heavy atom. The van der Waals surface area contributed by atoms with Crippen LogP contribution in [0.1, 0.15) is 29.5 Å². The molecule has 6 heteroatoms. The number of hydrogen-bond acceptors (Lipinski definition) is 3. The molecule has 2 aromatic rings. The highest BCUT2D eigenvalue weighted by atomic mass is 35.5. The van der Waals surface area contributed by atoms with Crippen LogP contribution in [0.5, 0.6) is 0 Å². The summed E-state index contributed by atoms with van der Waals surface area (Å²) in [6.45, 7) is 4.27. The number of thiazole rings is 1. The van der Waals surface area contributed by atoms with Crippen molar-refractivity contribution in [1.29, 1.82) is 0 Å². The molecule has 0 saturated carbocycles. The van der Waals surface area contributed by atoms with E-state index < -0.39 is 0 Å². The lowest BCUT2D eigenvalue weighted by atomic mass is 9.93. The molecule has 2 N–H and O–H groups in total. The van der Waals surface area contributed by atoms with Crippen LogP contribution in [0, 0.1) is 12.8 Å². The highest BCUT2D eigenvalue weighted by Crippen LogP contribution is 2.32. The number of hydrogen-bond donors (Lipinski definition) is 2. The van der Waals surface area contributed by atoms with Crippen molar-refractivity contribution in [2.45, 2.75) is 33.1 Å². The van der Waals surface area contributed by atoms with Gasteiger partial charge in [-0.25, -0.2) is 4.98 Å². The zero-order valence-electron chi connectivity index (χ0n) is 12.6. The van der Waals surface area contributed by atoms with E-state index in [1.807, 2.05) is 25.1 Å². The molecular formula is C16H18ClN3S2. The molecule has 0 fully saturated rings. The molecule has 3 rings (SSSR count). The minimum absolute atomic E-state index is 0.541. The summed E-state index contributed by atoms with van der Waals surface area (Å²) in [4.78, 5) is 6.04. The Balaban J connectivity index is 1.65. The number of benzene rings is 1. The lowest BCUT2D eigenvalue weighted by Gasteiger charge is -2.15. The van der Waals surface area contributed by atoms with Gasteiger partial charge in [0, 0.05) is 15.6 Å². The van der Waals surface area contributed by atoms with E-state index >= 15 is 0 Å². The van der Waals surface area contributed by atoms with E-state index in [0.29, 0.717) is 5.11 Å². The number of rotatable bonds is 2. The average Bonchev–Trinajstić information content (AvgIpc) is 2.84. The van der Waals surface area contributed by atoms with Crippen molar-refractivity contribution in [3.63, 3.8) is 0 Å². The van der Waals surface area contributed by atoms with Gasteiger partial charge in [-0.1, -0.05) is 24.6 Å². The zero-order valence-corrected chi connectivity index (χ0v) is 15.0. The Labute approximate surface area is 145 Å². The van der Waals surface area contributed by atoms with E-state index in [1.54, 1.807) is 11.3 Å². The van der Waals surface area contributed by atoms with Crippen LogP contribution in [0.4, 0.5) is 10.8 Å². The number of anilines is 2. The first-order valence-electron chi connectivity index (χ1n) is 7.34. The van der Waals surface area contributed by atoms with Gasteiger partial charge in [0.15, 0.2) is 10.2 Å². The van der Waals surface area contributed by atoms with Crippen LogP contribution in [0.2, 0.25) is 5.02 Å². The van der Waals surface area contributed by atoms with Crippen LogP contribution < -0.4 is 10.6 Å². The topological polar surface area (TPSA) is 37.0 Å². The Kier molecular flexibility index (Phi) is 4.66. The summed E-state index contributed by atoms with van der Waals surface area (Å²) in [6.07, 6.45) is 3.42. The molecule has 0 bridgehead atoms. The molecule has 1 aliphatic rings. The Morgan fingerprint density at radius 1 is 1.41 bits per heavy atom. The highest BCUT2D eigenvalue weighted by molar-refractivity contribution is 7.80. The van der Waals surface area contributed by atoms with Crippen molar-refractivity contribution >= 4 is 51.1 Å². The number of fused-ring (bicyclic) bond motifs is 1. The highest BCUT2D eigenvalue weighted by Gasteiger charge is 2.20. The van der Waals surface area contributed by atoms with E-state index in [4.69, 9.17) is 23.8 Å². The first-order valence-corrected chi connectivity index (χ1v) is 8.94. The predicted octanol–water partition coefficient (Wildman–Crippen LogP) is 5.04. The van der Waals surface area contributed by atoms with Gasteiger partial charge in [-0.05, 0) is 62.0 Å². The maximum Gasteiger partial charge on any atom is 0.189 e. The molecule has 1 aliphatic carbocycles. The fraction of sp³-hybridized carbons (Fsp3) is 0.375. The SMILES string of the molecule is Cc1ccc(NC(=S)Nc2nc3c(s2)CC(C)CC3)cc1Cl. The second-order valence-electron chi connectivity index (χ2n) is 5.78. The fourth-order valence-corrected chi connectivity index (χ4v) is 4.16. The van der Waals surface area contributed by atoms with Crippen LogP contribution in [0.25, 0.3) is 0 Å². The number of aryl methyl sites for hydroxylation is 2. The third-order valence-electron chi connectivity index (χ3n) is 3.84. The average molecular weight is 352 g/mol. The summed E-state index contributed by atoms with van der Waals surface area (Å²) in [5.41, 5.74) is 3.16. The summed E-state index contributed by atoms with van der Waals surface area (Å²) < 4.78 is 0. The van der Waals surface area contributed by atoms with Crippen molar-refractivity contribution in [1.82, 2.24) is 4.98 Å². The third-order valence-corrected chi connectivity index (χ3v) is 5.48. The summed E-state index contributed by atoms with van der Waals surface area (Å²) >= 11 is 13.2. The van der Waals surface area contributed by atoms with E-state index in [-0.39, 0.29) is 0 Å². The predicted molar refractivity (Wildman–Crippen MR) is 99.3 cm³/mol. The smallest absolute Gasteiger partial charge is 0.189 e. The fourth-order valence-electron chi connectivity index (χ4n) is 2.52. The monoisotopic (exact) mass is 351 g/mol. The van der Waals surface area contributed by atoms with Crippen LogP contribution in [0.3, 0.4) is 0 Å². The molecule has 3 nitrogen and oxygen atoms in total. The van der Waals surface area contributed by atoms with Crippen LogP contribution in [-0.4, -0.2) is 10.1 Å². The van der Waals surface area contributed by atoms with Gasteiger partial charge in [-0.2, -0.15) is 0 Å². The van der Waals surface area contributed by atoms with E-state index in [2.05, 4.69) is 22.5 Å². The molecule has 0 aliphatic heterocycles. The van der Waals surface area contributed by atoms with E-state index in [9.17, 15) is 0 Å². The van der Waals surface area contributed by atoms with Crippen molar-refractivity contribution < 1.29 is 0 Å². The molecule has 0 spiro atoms. The number of nitrogens with one attached hydrogen (secondary N) is 2. The van der Waals surface area contributed by atoms with E-state index in [0.717, 1.165) is 40.2 Å². The largest absolute Gasteiger partial charge is 0.332 e.